The largest absolute Gasteiger partial charge is 0.496 e. The molecule has 0 aromatic heterocycles. The first-order valence-corrected chi connectivity index (χ1v) is 10.3. The van der Waals surface area contributed by atoms with Gasteiger partial charge in [0, 0.05) is 12.2 Å². The van der Waals surface area contributed by atoms with Crippen LogP contribution in [0.5, 0.6) is 11.5 Å². The predicted octanol–water partition coefficient (Wildman–Crippen LogP) is 2.44. The standard InChI is InChI=1S/C19H24N2O5S/c1-25-16-7-4-8-17(26-2)18(16)19(22)20-13-5-6-14-9-11-15(12-10-14)21-27(3,23)24/h4,7-12,21H,5-6,13H2,1-3H3,(H,20,22). The molecule has 1 amide bonds. The predicted molar refractivity (Wildman–Crippen MR) is 105 cm³/mol. The van der Waals surface area contributed by atoms with Crippen LogP contribution < -0.4 is 19.5 Å². The fraction of sp³-hybridized carbons (Fsp3) is 0.316. The van der Waals surface area contributed by atoms with Gasteiger partial charge in [0.15, 0.2) is 0 Å². The molecule has 0 heterocycles. The van der Waals surface area contributed by atoms with E-state index in [0.29, 0.717) is 29.3 Å². The summed E-state index contributed by atoms with van der Waals surface area (Å²) in [5.41, 5.74) is 1.95. The van der Waals surface area contributed by atoms with Crippen LogP contribution in [-0.2, 0) is 16.4 Å². The smallest absolute Gasteiger partial charge is 0.258 e. The summed E-state index contributed by atoms with van der Waals surface area (Å²) >= 11 is 0. The number of sulfonamides is 1. The van der Waals surface area contributed by atoms with Gasteiger partial charge in [-0.15, -0.1) is 0 Å². The number of rotatable bonds is 9. The zero-order valence-electron chi connectivity index (χ0n) is 15.6. The summed E-state index contributed by atoms with van der Waals surface area (Å²) in [6.45, 7) is 0.489. The second-order valence-electron chi connectivity index (χ2n) is 5.97. The minimum absolute atomic E-state index is 0.253. The Morgan fingerprint density at radius 1 is 1.00 bits per heavy atom. The maximum Gasteiger partial charge on any atom is 0.258 e. The van der Waals surface area contributed by atoms with E-state index in [1.54, 1.807) is 30.3 Å². The van der Waals surface area contributed by atoms with E-state index in [2.05, 4.69) is 10.0 Å². The highest BCUT2D eigenvalue weighted by atomic mass is 32.2. The quantitative estimate of drug-likeness (QED) is 0.639. The maximum absolute atomic E-state index is 12.5. The third-order valence-electron chi connectivity index (χ3n) is 3.84. The molecule has 0 saturated heterocycles. The number of ether oxygens (including phenoxy) is 2. The molecule has 0 atom stereocenters. The van der Waals surface area contributed by atoms with Crippen molar-refractivity contribution < 1.29 is 22.7 Å². The second-order valence-corrected chi connectivity index (χ2v) is 7.72. The number of hydrogen-bond acceptors (Lipinski definition) is 5. The number of methoxy groups -OCH3 is 2. The van der Waals surface area contributed by atoms with Crippen LogP contribution in [0.1, 0.15) is 22.3 Å². The van der Waals surface area contributed by atoms with Crippen LogP contribution in [0.25, 0.3) is 0 Å². The van der Waals surface area contributed by atoms with Gasteiger partial charge in [-0.05, 0) is 42.7 Å². The van der Waals surface area contributed by atoms with Gasteiger partial charge in [-0.3, -0.25) is 9.52 Å². The van der Waals surface area contributed by atoms with E-state index in [0.717, 1.165) is 24.7 Å². The number of carbonyl (C=O) groups is 1. The van der Waals surface area contributed by atoms with E-state index >= 15 is 0 Å². The lowest BCUT2D eigenvalue weighted by atomic mass is 10.1. The third-order valence-corrected chi connectivity index (χ3v) is 4.45. The van der Waals surface area contributed by atoms with Gasteiger partial charge < -0.3 is 14.8 Å². The Kier molecular flexibility index (Phi) is 7.06. The molecule has 2 aromatic rings. The molecule has 0 aliphatic rings. The first-order chi connectivity index (χ1) is 12.8. The molecule has 0 radical (unpaired) electrons. The third kappa shape index (κ3) is 6.18. The van der Waals surface area contributed by atoms with Crippen molar-refractivity contribution in [1.29, 1.82) is 0 Å². The molecule has 0 fully saturated rings. The van der Waals surface area contributed by atoms with E-state index < -0.39 is 10.0 Å². The second kappa shape index (κ2) is 9.27. The highest BCUT2D eigenvalue weighted by molar-refractivity contribution is 7.92. The Balaban J connectivity index is 1.88. The highest BCUT2D eigenvalue weighted by Gasteiger charge is 2.17. The van der Waals surface area contributed by atoms with Gasteiger partial charge in [-0.25, -0.2) is 8.42 Å². The molecular weight excluding hydrogens is 368 g/mol. The average molecular weight is 392 g/mol. The number of carbonyl (C=O) groups excluding carboxylic acids is 1. The van der Waals surface area contributed by atoms with Crippen molar-refractivity contribution in [2.45, 2.75) is 12.8 Å². The molecular formula is C19H24N2O5S. The summed E-state index contributed by atoms with van der Waals surface area (Å²) in [6, 6.07) is 12.3. The number of benzene rings is 2. The van der Waals surface area contributed by atoms with Crippen molar-refractivity contribution in [2.75, 3.05) is 31.7 Å². The van der Waals surface area contributed by atoms with Crippen LogP contribution in [0.4, 0.5) is 5.69 Å². The molecule has 0 aliphatic heterocycles. The molecule has 8 heteroatoms. The first kappa shape index (κ1) is 20.6. The van der Waals surface area contributed by atoms with Gasteiger partial charge in [-0.1, -0.05) is 18.2 Å². The molecule has 0 bridgehead atoms. The highest BCUT2D eigenvalue weighted by Crippen LogP contribution is 2.27. The van der Waals surface area contributed by atoms with Gasteiger partial charge in [-0.2, -0.15) is 0 Å². The Labute approximate surface area is 159 Å². The number of aryl methyl sites for hydroxylation is 1. The van der Waals surface area contributed by atoms with Gasteiger partial charge in [0.2, 0.25) is 10.0 Å². The fourth-order valence-electron chi connectivity index (χ4n) is 2.61. The van der Waals surface area contributed by atoms with Crippen LogP contribution in [0.3, 0.4) is 0 Å². The van der Waals surface area contributed by atoms with E-state index in [1.807, 2.05) is 12.1 Å². The molecule has 0 spiro atoms. The lowest BCUT2D eigenvalue weighted by Gasteiger charge is -2.13. The molecule has 7 nitrogen and oxygen atoms in total. The Morgan fingerprint density at radius 2 is 1.59 bits per heavy atom. The first-order valence-electron chi connectivity index (χ1n) is 8.40. The minimum atomic E-state index is -3.28. The zero-order chi connectivity index (χ0) is 19.9. The molecule has 0 saturated carbocycles. The molecule has 2 aromatic carbocycles. The summed E-state index contributed by atoms with van der Waals surface area (Å²) in [7, 11) is -0.261. The van der Waals surface area contributed by atoms with Crippen molar-refractivity contribution in [2.24, 2.45) is 0 Å². The SMILES string of the molecule is COc1cccc(OC)c1C(=O)NCCCc1ccc(NS(C)(=O)=O)cc1. The van der Waals surface area contributed by atoms with Gasteiger partial charge in [0.25, 0.3) is 5.91 Å². The molecule has 0 unspecified atom stereocenters. The van der Waals surface area contributed by atoms with Crippen LogP contribution in [0, 0.1) is 0 Å². The van der Waals surface area contributed by atoms with Crippen molar-refractivity contribution in [3.05, 3.63) is 53.6 Å². The Morgan fingerprint density at radius 3 is 2.11 bits per heavy atom. The summed E-state index contributed by atoms with van der Waals surface area (Å²) in [5.74, 6) is 0.665. The number of amides is 1. The monoisotopic (exact) mass is 392 g/mol. The van der Waals surface area contributed by atoms with Gasteiger partial charge in [0.1, 0.15) is 17.1 Å². The topological polar surface area (TPSA) is 93.7 Å². The molecule has 2 N–H and O–H groups in total. The summed E-state index contributed by atoms with van der Waals surface area (Å²) in [4.78, 5) is 12.5. The minimum Gasteiger partial charge on any atom is -0.496 e. The number of hydrogen-bond donors (Lipinski definition) is 2. The van der Waals surface area contributed by atoms with E-state index in [1.165, 1.54) is 14.2 Å². The normalized spacial score (nSPS) is 10.9. The van der Waals surface area contributed by atoms with Gasteiger partial charge in [0.05, 0.1) is 20.5 Å². The van der Waals surface area contributed by atoms with Gasteiger partial charge >= 0.3 is 0 Å². The maximum atomic E-state index is 12.5. The number of anilines is 1. The average Bonchev–Trinajstić information content (AvgIpc) is 2.64. The molecule has 2 rings (SSSR count). The van der Waals surface area contributed by atoms with Crippen LogP contribution in [0.2, 0.25) is 0 Å². The van der Waals surface area contributed by atoms with Crippen LogP contribution >= 0.6 is 0 Å². The van der Waals surface area contributed by atoms with E-state index in [-0.39, 0.29) is 5.91 Å². The lowest BCUT2D eigenvalue weighted by molar-refractivity contribution is 0.0947. The van der Waals surface area contributed by atoms with Crippen molar-refractivity contribution in [1.82, 2.24) is 5.32 Å². The zero-order valence-corrected chi connectivity index (χ0v) is 16.4. The van der Waals surface area contributed by atoms with Crippen molar-refractivity contribution in [3.63, 3.8) is 0 Å². The Hall–Kier alpha value is -2.74. The molecule has 0 aliphatic carbocycles. The summed E-state index contributed by atoms with van der Waals surface area (Å²) in [5, 5.41) is 2.87. The Bertz CT molecular complexity index is 857. The van der Waals surface area contributed by atoms with Crippen LogP contribution in [0.15, 0.2) is 42.5 Å². The molecule has 27 heavy (non-hydrogen) atoms. The van der Waals surface area contributed by atoms with E-state index in [9.17, 15) is 13.2 Å². The fourth-order valence-corrected chi connectivity index (χ4v) is 3.18. The van der Waals surface area contributed by atoms with E-state index in [4.69, 9.17) is 9.47 Å². The summed E-state index contributed by atoms with van der Waals surface area (Å²) in [6.07, 6.45) is 2.60. The lowest BCUT2D eigenvalue weighted by Crippen LogP contribution is -2.25. The van der Waals surface area contributed by atoms with Crippen molar-refractivity contribution in [3.8, 4) is 11.5 Å². The van der Waals surface area contributed by atoms with Crippen LogP contribution in [-0.4, -0.2) is 41.3 Å². The van der Waals surface area contributed by atoms with Crippen molar-refractivity contribution >= 4 is 21.6 Å². The number of nitrogens with one attached hydrogen (secondary N) is 2. The summed E-state index contributed by atoms with van der Waals surface area (Å²) < 4.78 is 35.3. The molecule has 146 valence electrons.